The first kappa shape index (κ1) is 14.9. The van der Waals surface area contributed by atoms with Crippen LogP contribution < -0.4 is 5.32 Å². The molecule has 0 aliphatic heterocycles. The highest BCUT2D eigenvalue weighted by atomic mass is 16.5. The van der Waals surface area contributed by atoms with Gasteiger partial charge >= 0.3 is 0 Å². The maximum absolute atomic E-state index is 9.70. The van der Waals surface area contributed by atoms with Crippen molar-refractivity contribution < 1.29 is 9.84 Å². The van der Waals surface area contributed by atoms with Gasteiger partial charge in [0, 0.05) is 24.6 Å². The lowest BCUT2D eigenvalue weighted by Crippen LogP contribution is -2.62. The Bertz CT molecular complexity index is 233. The zero-order valence-electron chi connectivity index (χ0n) is 12.0. The Kier molecular flexibility index (Phi) is 4.99. The predicted molar refractivity (Wildman–Crippen MR) is 71.1 cm³/mol. The molecule has 0 bridgehead atoms. The van der Waals surface area contributed by atoms with E-state index in [9.17, 15) is 5.11 Å². The van der Waals surface area contributed by atoms with E-state index in [4.69, 9.17) is 4.74 Å². The first-order valence-corrected chi connectivity index (χ1v) is 6.84. The highest BCUT2D eigenvalue weighted by Gasteiger charge is 2.48. The van der Waals surface area contributed by atoms with Gasteiger partial charge in [0.25, 0.3) is 0 Å². The Balaban J connectivity index is 2.28. The third-order valence-corrected chi connectivity index (χ3v) is 3.78. The van der Waals surface area contributed by atoms with Crippen LogP contribution in [0.25, 0.3) is 0 Å². The Morgan fingerprint density at radius 3 is 2.53 bits per heavy atom. The normalized spacial score (nSPS) is 27.9. The molecule has 17 heavy (non-hydrogen) atoms. The van der Waals surface area contributed by atoms with Gasteiger partial charge in [-0.1, -0.05) is 27.2 Å². The van der Waals surface area contributed by atoms with Crippen LogP contribution in [0.15, 0.2) is 0 Å². The molecular weight excluding hydrogens is 214 g/mol. The summed E-state index contributed by atoms with van der Waals surface area (Å²) < 4.78 is 5.89. The SMILES string of the molecule is CCCCOC1CC(NCC(C)(C)O)C1(C)C. The van der Waals surface area contributed by atoms with Crippen LogP contribution in [0.1, 0.15) is 53.9 Å². The van der Waals surface area contributed by atoms with E-state index >= 15 is 0 Å². The van der Waals surface area contributed by atoms with Gasteiger partial charge in [-0.25, -0.2) is 0 Å². The van der Waals surface area contributed by atoms with Crippen molar-refractivity contribution in [3.8, 4) is 0 Å². The molecular formula is C14H29NO2. The molecule has 102 valence electrons. The van der Waals surface area contributed by atoms with Crippen molar-refractivity contribution >= 4 is 0 Å². The summed E-state index contributed by atoms with van der Waals surface area (Å²) in [5.74, 6) is 0. The van der Waals surface area contributed by atoms with Crippen LogP contribution in [0.5, 0.6) is 0 Å². The Morgan fingerprint density at radius 1 is 1.41 bits per heavy atom. The molecule has 1 aliphatic rings. The average Bonchev–Trinajstić information content (AvgIpc) is 2.19. The van der Waals surface area contributed by atoms with Crippen LogP contribution in [0.4, 0.5) is 0 Å². The van der Waals surface area contributed by atoms with Crippen molar-refractivity contribution in [2.24, 2.45) is 5.41 Å². The number of aliphatic hydroxyl groups is 1. The van der Waals surface area contributed by atoms with Crippen LogP contribution in [-0.2, 0) is 4.74 Å². The molecule has 0 heterocycles. The second kappa shape index (κ2) is 5.68. The molecule has 1 aliphatic carbocycles. The first-order valence-electron chi connectivity index (χ1n) is 6.84. The number of unbranched alkanes of at least 4 members (excludes halogenated alkanes) is 1. The molecule has 0 aromatic carbocycles. The summed E-state index contributed by atoms with van der Waals surface area (Å²) in [6.45, 7) is 11.9. The van der Waals surface area contributed by atoms with E-state index in [1.54, 1.807) is 0 Å². The number of nitrogens with one attached hydrogen (secondary N) is 1. The van der Waals surface area contributed by atoms with Crippen molar-refractivity contribution in [2.75, 3.05) is 13.2 Å². The Hall–Kier alpha value is -0.120. The van der Waals surface area contributed by atoms with Gasteiger partial charge in [-0.3, -0.25) is 0 Å². The highest BCUT2D eigenvalue weighted by molar-refractivity contribution is 5.03. The van der Waals surface area contributed by atoms with E-state index in [2.05, 4.69) is 26.1 Å². The van der Waals surface area contributed by atoms with E-state index in [0.717, 1.165) is 19.4 Å². The molecule has 0 amide bonds. The van der Waals surface area contributed by atoms with E-state index in [1.807, 2.05) is 13.8 Å². The van der Waals surface area contributed by atoms with Gasteiger partial charge in [0.1, 0.15) is 0 Å². The molecule has 0 saturated heterocycles. The minimum atomic E-state index is -0.635. The summed E-state index contributed by atoms with van der Waals surface area (Å²) in [6, 6.07) is 0.459. The molecule has 2 unspecified atom stereocenters. The average molecular weight is 243 g/mol. The van der Waals surface area contributed by atoms with Crippen molar-refractivity contribution in [2.45, 2.75) is 71.6 Å². The molecule has 2 N–H and O–H groups in total. The molecule has 1 fully saturated rings. The van der Waals surface area contributed by atoms with Crippen LogP contribution in [0, 0.1) is 5.41 Å². The topological polar surface area (TPSA) is 41.5 Å². The summed E-state index contributed by atoms with van der Waals surface area (Å²) in [6.07, 6.45) is 3.77. The number of rotatable bonds is 7. The van der Waals surface area contributed by atoms with Gasteiger partial charge in [0.2, 0.25) is 0 Å². The Morgan fingerprint density at radius 2 is 2.06 bits per heavy atom. The quantitative estimate of drug-likeness (QED) is 0.674. The molecule has 1 saturated carbocycles. The lowest BCUT2D eigenvalue weighted by molar-refractivity contribution is -0.121. The van der Waals surface area contributed by atoms with Crippen LogP contribution in [-0.4, -0.2) is 36.0 Å². The van der Waals surface area contributed by atoms with Gasteiger partial charge in [-0.15, -0.1) is 0 Å². The standard InChI is InChI=1S/C14H29NO2/c1-6-7-8-17-12-9-11(14(12,4)5)15-10-13(2,3)16/h11-12,15-16H,6-10H2,1-5H3. The molecule has 1 rings (SSSR count). The number of ether oxygens (including phenoxy) is 1. The fourth-order valence-corrected chi connectivity index (χ4v) is 2.26. The molecule has 0 spiro atoms. The maximum Gasteiger partial charge on any atom is 0.0715 e. The minimum Gasteiger partial charge on any atom is -0.389 e. The third kappa shape index (κ3) is 4.23. The zero-order valence-corrected chi connectivity index (χ0v) is 12.0. The molecule has 0 aromatic heterocycles. The van der Waals surface area contributed by atoms with Crippen LogP contribution in [0.2, 0.25) is 0 Å². The summed E-state index contributed by atoms with van der Waals surface area (Å²) in [4.78, 5) is 0. The number of hydrogen-bond donors (Lipinski definition) is 2. The van der Waals surface area contributed by atoms with Gasteiger partial charge in [-0.05, 0) is 26.7 Å². The van der Waals surface area contributed by atoms with Crippen LogP contribution >= 0.6 is 0 Å². The molecule has 0 radical (unpaired) electrons. The van der Waals surface area contributed by atoms with Crippen LogP contribution in [0.3, 0.4) is 0 Å². The molecule has 3 nitrogen and oxygen atoms in total. The van der Waals surface area contributed by atoms with Crippen molar-refractivity contribution in [3.63, 3.8) is 0 Å². The summed E-state index contributed by atoms with van der Waals surface area (Å²) in [5, 5.41) is 13.1. The van der Waals surface area contributed by atoms with E-state index < -0.39 is 5.60 Å². The van der Waals surface area contributed by atoms with Gasteiger partial charge in [0.05, 0.1) is 11.7 Å². The lowest BCUT2D eigenvalue weighted by Gasteiger charge is -2.52. The maximum atomic E-state index is 9.70. The minimum absolute atomic E-state index is 0.180. The van der Waals surface area contributed by atoms with Crippen molar-refractivity contribution in [3.05, 3.63) is 0 Å². The fraction of sp³-hybridized carbons (Fsp3) is 1.00. The smallest absolute Gasteiger partial charge is 0.0715 e. The number of hydrogen-bond acceptors (Lipinski definition) is 3. The molecule has 2 atom stereocenters. The van der Waals surface area contributed by atoms with Crippen molar-refractivity contribution in [1.29, 1.82) is 0 Å². The van der Waals surface area contributed by atoms with Gasteiger partial charge < -0.3 is 15.2 Å². The van der Waals surface area contributed by atoms with Gasteiger partial charge in [0.15, 0.2) is 0 Å². The van der Waals surface area contributed by atoms with E-state index in [0.29, 0.717) is 18.7 Å². The first-order chi connectivity index (χ1) is 7.77. The highest BCUT2D eigenvalue weighted by Crippen LogP contribution is 2.42. The summed E-state index contributed by atoms with van der Waals surface area (Å²) in [5.41, 5.74) is -0.455. The fourth-order valence-electron chi connectivity index (χ4n) is 2.26. The largest absolute Gasteiger partial charge is 0.389 e. The Labute approximate surface area is 106 Å². The second-order valence-corrected chi connectivity index (χ2v) is 6.52. The predicted octanol–water partition coefficient (Wildman–Crippen LogP) is 2.33. The monoisotopic (exact) mass is 243 g/mol. The summed E-state index contributed by atoms with van der Waals surface area (Å²) >= 11 is 0. The van der Waals surface area contributed by atoms with E-state index in [-0.39, 0.29) is 5.41 Å². The molecule has 3 heteroatoms. The third-order valence-electron chi connectivity index (χ3n) is 3.78. The lowest BCUT2D eigenvalue weighted by atomic mass is 9.64. The molecule has 0 aromatic rings. The summed E-state index contributed by atoms with van der Waals surface area (Å²) in [7, 11) is 0. The van der Waals surface area contributed by atoms with Gasteiger partial charge in [-0.2, -0.15) is 0 Å². The van der Waals surface area contributed by atoms with Crippen molar-refractivity contribution in [1.82, 2.24) is 5.32 Å². The van der Waals surface area contributed by atoms with E-state index in [1.165, 1.54) is 6.42 Å². The zero-order chi connectivity index (χ0) is 13.1. The second-order valence-electron chi connectivity index (χ2n) is 6.52.